The largest absolute Gasteiger partial charge is 0.490 e. The molecule has 1 N–H and O–H groups in total. The zero-order chi connectivity index (χ0) is 19.1. The number of ether oxygens (including phenoxy) is 2. The molecule has 0 saturated heterocycles. The van der Waals surface area contributed by atoms with Gasteiger partial charge in [-0.25, -0.2) is 4.39 Å². The summed E-state index contributed by atoms with van der Waals surface area (Å²) in [6.07, 6.45) is 1.04. The highest BCUT2D eigenvalue weighted by Gasteiger charge is 2.15. The molecule has 2 aromatic rings. The van der Waals surface area contributed by atoms with Gasteiger partial charge in [0, 0.05) is 18.2 Å². The fourth-order valence-electron chi connectivity index (χ4n) is 2.38. The van der Waals surface area contributed by atoms with Crippen LogP contribution in [0.15, 0.2) is 30.3 Å². The molecule has 0 amide bonds. The Morgan fingerprint density at radius 3 is 2.54 bits per heavy atom. The second-order valence-electron chi connectivity index (χ2n) is 6.02. The maximum Gasteiger partial charge on any atom is 0.180 e. The van der Waals surface area contributed by atoms with Crippen molar-refractivity contribution in [3.05, 3.63) is 57.3 Å². The first-order valence-electron chi connectivity index (χ1n) is 8.70. The van der Waals surface area contributed by atoms with Crippen molar-refractivity contribution >= 4 is 23.2 Å². The summed E-state index contributed by atoms with van der Waals surface area (Å²) in [5.41, 5.74) is 1.28. The van der Waals surface area contributed by atoms with E-state index in [9.17, 15) is 4.39 Å². The van der Waals surface area contributed by atoms with Gasteiger partial charge in [-0.1, -0.05) is 36.2 Å². The average molecular weight is 400 g/mol. The fraction of sp³-hybridized carbons (Fsp3) is 0.400. The third kappa shape index (κ3) is 5.50. The third-order valence-corrected chi connectivity index (χ3v) is 4.69. The second-order valence-corrected chi connectivity index (χ2v) is 6.83. The smallest absolute Gasteiger partial charge is 0.180 e. The van der Waals surface area contributed by atoms with Crippen LogP contribution in [0, 0.1) is 5.82 Å². The van der Waals surface area contributed by atoms with Gasteiger partial charge in [0.25, 0.3) is 0 Å². The molecule has 0 fully saturated rings. The molecular weight excluding hydrogens is 376 g/mol. The summed E-state index contributed by atoms with van der Waals surface area (Å²) in [4.78, 5) is 0. The standard InChI is InChI=1S/C20H24Cl2FNO2/c1-4-13(3)24-11-14-9-17(22)20(19(10-14)25-5-2)26-12-15-16(21)7-6-8-18(15)23/h6-10,13,24H,4-5,11-12H2,1-3H3/t13-/m1/s1. The lowest BCUT2D eigenvalue weighted by atomic mass is 10.1. The molecule has 0 aliphatic rings. The summed E-state index contributed by atoms with van der Waals surface area (Å²) in [5.74, 6) is 0.509. The molecule has 0 aromatic heterocycles. The van der Waals surface area contributed by atoms with Crippen LogP contribution >= 0.6 is 23.2 Å². The van der Waals surface area contributed by atoms with Crippen LogP contribution in [0.25, 0.3) is 0 Å². The molecule has 0 heterocycles. The first-order valence-corrected chi connectivity index (χ1v) is 9.46. The lowest BCUT2D eigenvalue weighted by Gasteiger charge is -2.17. The first kappa shape index (κ1) is 20.8. The Morgan fingerprint density at radius 1 is 1.12 bits per heavy atom. The Morgan fingerprint density at radius 2 is 1.88 bits per heavy atom. The van der Waals surface area contributed by atoms with E-state index in [0.717, 1.165) is 12.0 Å². The summed E-state index contributed by atoms with van der Waals surface area (Å²) in [6, 6.07) is 8.65. The van der Waals surface area contributed by atoms with Gasteiger partial charge in [-0.05, 0) is 50.1 Å². The molecule has 3 nitrogen and oxygen atoms in total. The molecule has 0 bridgehead atoms. The molecule has 0 saturated carbocycles. The van der Waals surface area contributed by atoms with Gasteiger partial charge in [-0.2, -0.15) is 0 Å². The van der Waals surface area contributed by atoms with Crippen molar-refractivity contribution in [3.8, 4) is 11.5 Å². The molecule has 2 rings (SSSR count). The molecule has 0 radical (unpaired) electrons. The van der Waals surface area contributed by atoms with Crippen LogP contribution in [0.5, 0.6) is 11.5 Å². The summed E-state index contributed by atoms with van der Waals surface area (Å²) in [7, 11) is 0. The third-order valence-electron chi connectivity index (χ3n) is 4.06. The van der Waals surface area contributed by atoms with E-state index < -0.39 is 5.82 Å². The minimum absolute atomic E-state index is 0.0320. The maximum absolute atomic E-state index is 13.9. The van der Waals surface area contributed by atoms with Gasteiger partial charge in [-0.3, -0.25) is 0 Å². The van der Waals surface area contributed by atoms with Crippen LogP contribution in [0.3, 0.4) is 0 Å². The van der Waals surface area contributed by atoms with Gasteiger partial charge in [0.15, 0.2) is 11.5 Å². The average Bonchev–Trinajstić information content (AvgIpc) is 2.61. The summed E-state index contributed by atoms with van der Waals surface area (Å²) in [6.45, 7) is 7.25. The van der Waals surface area contributed by atoms with E-state index in [1.807, 2.05) is 19.1 Å². The predicted molar refractivity (Wildman–Crippen MR) is 105 cm³/mol. The Bertz CT molecular complexity index is 720. The first-order chi connectivity index (χ1) is 12.5. The Kier molecular flexibility index (Phi) is 8.01. The van der Waals surface area contributed by atoms with E-state index >= 15 is 0 Å². The van der Waals surface area contributed by atoms with Crippen molar-refractivity contribution in [2.24, 2.45) is 0 Å². The highest BCUT2D eigenvalue weighted by Crippen LogP contribution is 2.37. The Labute approximate surface area is 164 Å². The van der Waals surface area contributed by atoms with Crippen molar-refractivity contribution < 1.29 is 13.9 Å². The van der Waals surface area contributed by atoms with Gasteiger partial charge >= 0.3 is 0 Å². The molecular formula is C20H24Cl2FNO2. The van der Waals surface area contributed by atoms with E-state index in [2.05, 4.69) is 19.2 Å². The van der Waals surface area contributed by atoms with Crippen LogP contribution in [0.2, 0.25) is 10.0 Å². The van der Waals surface area contributed by atoms with Gasteiger partial charge < -0.3 is 14.8 Å². The van der Waals surface area contributed by atoms with E-state index in [-0.39, 0.29) is 12.2 Å². The van der Waals surface area contributed by atoms with Crippen LogP contribution in [-0.4, -0.2) is 12.6 Å². The SMILES string of the molecule is CCOc1cc(CN[C@H](C)CC)cc(Cl)c1OCc1c(F)cccc1Cl. The quantitative estimate of drug-likeness (QED) is 0.560. The maximum atomic E-state index is 13.9. The van der Waals surface area contributed by atoms with E-state index in [1.165, 1.54) is 6.07 Å². The number of benzene rings is 2. The van der Waals surface area contributed by atoms with Gasteiger partial charge in [0.2, 0.25) is 0 Å². The minimum Gasteiger partial charge on any atom is -0.490 e. The van der Waals surface area contributed by atoms with Crippen LogP contribution in [0.4, 0.5) is 4.39 Å². The molecule has 1 atom stereocenters. The molecule has 0 aliphatic carbocycles. The zero-order valence-electron chi connectivity index (χ0n) is 15.2. The molecule has 0 spiro atoms. The number of hydrogen-bond donors (Lipinski definition) is 1. The van der Waals surface area contributed by atoms with Gasteiger partial charge in [-0.15, -0.1) is 0 Å². The predicted octanol–water partition coefficient (Wildman–Crippen LogP) is 6.00. The molecule has 0 aliphatic heterocycles. The summed E-state index contributed by atoms with van der Waals surface area (Å²) in [5, 5.41) is 4.15. The van der Waals surface area contributed by atoms with Crippen molar-refractivity contribution in [1.29, 1.82) is 0 Å². The van der Waals surface area contributed by atoms with Gasteiger partial charge in [0.05, 0.1) is 16.7 Å². The topological polar surface area (TPSA) is 30.5 Å². The fourth-order valence-corrected chi connectivity index (χ4v) is 2.88. The van der Waals surface area contributed by atoms with Crippen molar-refractivity contribution in [1.82, 2.24) is 5.32 Å². The highest BCUT2D eigenvalue weighted by molar-refractivity contribution is 6.32. The van der Waals surface area contributed by atoms with Crippen LogP contribution in [0.1, 0.15) is 38.3 Å². The molecule has 142 valence electrons. The van der Waals surface area contributed by atoms with E-state index in [0.29, 0.717) is 40.7 Å². The molecule has 6 heteroatoms. The molecule has 26 heavy (non-hydrogen) atoms. The monoisotopic (exact) mass is 399 g/mol. The number of nitrogens with one attached hydrogen (secondary N) is 1. The van der Waals surface area contributed by atoms with Crippen molar-refractivity contribution in [2.45, 2.75) is 46.4 Å². The molecule has 0 unspecified atom stereocenters. The molecule has 2 aromatic carbocycles. The van der Waals surface area contributed by atoms with E-state index in [4.69, 9.17) is 32.7 Å². The zero-order valence-corrected chi connectivity index (χ0v) is 16.8. The normalized spacial score (nSPS) is 12.1. The highest BCUT2D eigenvalue weighted by atomic mass is 35.5. The lowest BCUT2D eigenvalue weighted by Crippen LogP contribution is -2.24. The van der Waals surface area contributed by atoms with Crippen molar-refractivity contribution in [2.75, 3.05) is 6.61 Å². The summed E-state index contributed by atoms with van der Waals surface area (Å²) < 4.78 is 25.4. The lowest BCUT2D eigenvalue weighted by molar-refractivity contribution is 0.266. The number of hydrogen-bond acceptors (Lipinski definition) is 3. The Balaban J connectivity index is 2.21. The van der Waals surface area contributed by atoms with Crippen molar-refractivity contribution in [3.63, 3.8) is 0 Å². The minimum atomic E-state index is -0.416. The van der Waals surface area contributed by atoms with E-state index in [1.54, 1.807) is 12.1 Å². The number of rotatable bonds is 9. The number of halogens is 3. The van der Waals surface area contributed by atoms with Crippen LogP contribution in [-0.2, 0) is 13.2 Å². The Hall–Kier alpha value is -1.49. The van der Waals surface area contributed by atoms with Gasteiger partial charge in [0.1, 0.15) is 12.4 Å². The summed E-state index contributed by atoms with van der Waals surface area (Å²) >= 11 is 12.5. The second kappa shape index (κ2) is 10.0. The van der Waals surface area contributed by atoms with Crippen LogP contribution < -0.4 is 14.8 Å².